The number of aryl methyl sites for hydroxylation is 1. The van der Waals surface area contributed by atoms with Gasteiger partial charge in [0.15, 0.2) is 0 Å². The number of nitrogens with one attached hydrogen (secondary N) is 1. The highest BCUT2D eigenvalue weighted by atomic mass is 16.5. The zero-order chi connectivity index (χ0) is 13.7. The molecule has 3 heteroatoms. The van der Waals surface area contributed by atoms with Gasteiger partial charge in [-0.25, -0.2) is 0 Å². The highest BCUT2D eigenvalue weighted by Crippen LogP contribution is 2.22. The van der Waals surface area contributed by atoms with Gasteiger partial charge in [0.05, 0.1) is 12.3 Å². The summed E-state index contributed by atoms with van der Waals surface area (Å²) in [7, 11) is 0. The average molecular weight is 262 g/mol. The molecule has 1 aromatic rings. The molecule has 0 aromatic carbocycles. The molecule has 0 radical (unpaired) electrons. The Morgan fingerprint density at radius 1 is 1.32 bits per heavy atom. The van der Waals surface area contributed by atoms with E-state index in [9.17, 15) is 0 Å². The Balaban J connectivity index is 1.96. The molecule has 0 spiro atoms. The summed E-state index contributed by atoms with van der Waals surface area (Å²) < 4.78 is 5.99. The topological polar surface area (TPSA) is 34.1 Å². The fourth-order valence-corrected chi connectivity index (χ4v) is 2.12. The van der Waals surface area contributed by atoms with Gasteiger partial charge in [0.1, 0.15) is 5.75 Å². The van der Waals surface area contributed by atoms with E-state index in [0.717, 1.165) is 30.3 Å². The Morgan fingerprint density at radius 3 is 2.68 bits per heavy atom. The van der Waals surface area contributed by atoms with Crippen molar-refractivity contribution in [1.82, 2.24) is 10.3 Å². The van der Waals surface area contributed by atoms with Crippen LogP contribution in [0.15, 0.2) is 12.1 Å². The summed E-state index contributed by atoms with van der Waals surface area (Å²) in [5, 5.41) is 3.51. The molecule has 1 heterocycles. The third-order valence-electron chi connectivity index (χ3n) is 3.84. The van der Waals surface area contributed by atoms with Crippen LogP contribution in [0.4, 0.5) is 0 Å². The fourth-order valence-electron chi connectivity index (χ4n) is 2.12. The summed E-state index contributed by atoms with van der Waals surface area (Å²) in [4.78, 5) is 4.61. The normalized spacial score (nSPS) is 14.9. The van der Waals surface area contributed by atoms with Gasteiger partial charge in [0, 0.05) is 18.3 Å². The number of hydrogen-bond acceptors (Lipinski definition) is 3. The van der Waals surface area contributed by atoms with Gasteiger partial charge < -0.3 is 10.1 Å². The maximum atomic E-state index is 5.99. The summed E-state index contributed by atoms with van der Waals surface area (Å²) in [6, 6.07) is 4.80. The predicted molar refractivity (Wildman–Crippen MR) is 78.4 cm³/mol. The van der Waals surface area contributed by atoms with E-state index in [4.69, 9.17) is 4.74 Å². The SMILES string of the molecule is CCC(CC)COc1ccc(C)nc1CNC1CC1. The van der Waals surface area contributed by atoms with Crippen LogP contribution in [0.1, 0.15) is 50.9 Å². The van der Waals surface area contributed by atoms with Crippen molar-refractivity contribution in [3.8, 4) is 5.75 Å². The molecule has 0 bridgehead atoms. The monoisotopic (exact) mass is 262 g/mol. The van der Waals surface area contributed by atoms with Crippen LogP contribution in [0.2, 0.25) is 0 Å². The smallest absolute Gasteiger partial charge is 0.142 e. The number of rotatable bonds is 8. The molecule has 0 aliphatic heterocycles. The second-order valence-corrected chi connectivity index (χ2v) is 5.55. The minimum Gasteiger partial charge on any atom is -0.491 e. The Hall–Kier alpha value is -1.09. The van der Waals surface area contributed by atoms with Crippen LogP contribution in [-0.2, 0) is 6.54 Å². The minimum absolute atomic E-state index is 0.644. The van der Waals surface area contributed by atoms with Crippen molar-refractivity contribution in [2.75, 3.05) is 6.61 Å². The zero-order valence-electron chi connectivity index (χ0n) is 12.4. The maximum absolute atomic E-state index is 5.99. The number of aromatic nitrogens is 1. The van der Waals surface area contributed by atoms with Gasteiger partial charge in [-0.15, -0.1) is 0 Å². The Bertz CT molecular complexity index is 398. The number of pyridine rings is 1. The largest absolute Gasteiger partial charge is 0.491 e. The molecule has 1 aromatic heterocycles. The molecule has 3 nitrogen and oxygen atoms in total. The second kappa shape index (κ2) is 6.90. The van der Waals surface area contributed by atoms with E-state index in [2.05, 4.69) is 30.2 Å². The first-order valence-electron chi connectivity index (χ1n) is 7.55. The molecular weight excluding hydrogens is 236 g/mol. The number of ether oxygens (including phenoxy) is 1. The van der Waals surface area contributed by atoms with Crippen LogP contribution in [0.3, 0.4) is 0 Å². The van der Waals surface area contributed by atoms with Crippen molar-refractivity contribution < 1.29 is 4.74 Å². The van der Waals surface area contributed by atoms with E-state index in [-0.39, 0.29) is 0 Å². The van der Waals surface area contributed by atoms with Crippen molar-refractivity contribution in [3.05, 3.63) is 23.5 Å². The molecule has 0 unspecified atom stereocenters. The van der Waals surface area contributed by atoms with Crippen molar-refractivity contribution >= 4 is 0 Å². The molecule has 19 heavy (non-hydrogen) atoms. The van der Waals surface area contributed by atoms with Crippen LogP contribution < -0.4 is 10.1 Å². The Kier molecular flexibility index (Phi) is 5.20. The zero-order valence-corrected chi connectivity index (χ0v) is 12.4. The lowest BCUT2D eigenvalue weighted by atomic mass is 10.1. The van der Waals surface area contributed by atoms with E-state index >= 15 is 0 Å². The molecule has 0 amide bonds. The van der Waals surface area contributed by atoms with Crippen LogP contribution in [0, 0.1) is 12.8 Å². The van der Waals surface area contributed by atoms with Crippen molar-refractivity contribution in [1.29, 1.82) is 0 Å². The van der Waals surface area contributed by atoms with Gasteiger partial charge in [-0.2, -0.15) is 0 Å². The molecule has 2 rings (SSSR count). The lowest BCUT2D eigenvalue weighted by molar-refractivity contribution is 0.237. The Morgan fingerprint density at radius 2 is 2.05 bits per heavy atom. The number of nitrogens with zero attached hydrogens (tertiary/aromatic N) is 1. The fraction of sp³-hybridized carbons (Fsp3) is 0.688. The molecule has 1 fully saturated rings. The van der Waals surface area contributed by atoms with Gasteiger partial charge in [0.2, 0.25) is 0 Å². The van der Waals surface area contributed by atoms with Crippen molar-refractivity contribution in [3.63, 3.8) is 0 Å². The summed E-state index contributed by atoms with van der Waals surface area (Å²) in [5.74, 6) is 1.59. The summed E-state index contributed by atoms with van der Waals surface area (Å²) in [6.07, 6.45) is 4.95. The van der Waals surface area contributed by atoms with Crippen LogP contribution in [-0.4, -0.2) is 17.6 Å². The van der Waals surface area contributed by atoms with E-state index in [1.807, 2.05) is 13.0 Å². The molecule has 0 atom stereocenters. The maximum Gasteiger partial charge on any atom is 0.142 e. The highest BCUT2D eigenvalue weighted by molar-refractivity contribution is 5.29. The first kappa shape index (κ1) is 14.3. The highest BCUT2D eigenvalue weighted by Gasteiger charge is 2.21. The molecule has 106 valence electrons. The van der Waals surface area contributed by atoms with Gasteiger partial charge in [0.25, 0.3) is 0 Å². The first-order chi connectivity index (χ1) is 9.22. The average Bonchev–Trinajstić information content (AvgIpc) is 3.23. The molecule has 1 aliphatic rings. The van der Waals surface area contributed by atoms with Gasteiger partial charge in [-0.1, -0.05) is 26.7 Å². The first-order valence-corrected chi connectivity index (χ1v) is 7.55. The van der Waals surface area contributed by atoms with Crippen LogP contribution in [0.5, 0.6) is 5.75 Å². The predicted octanol–water partition coefficient (Wildman–Crippen LogP) is 3.46. The summed E-state index contributed by atoms with van der Waals surface area (Å²) >= 11 is 0. The quantitative estimate of drug-likeness (QED) is 0.779. The molecule has 1 N–H and O–H groups in total. The second-order valence-electron chi connectivity index (χ2n) is 5.55. The van der Waals surface area contributed by atoms with Gasteiger partial charge in [-0.05, 0) is 37.8 Å². The molecule has 0 saturated heterocycles. The number of hydrogen-bond donors (Lipinski definition) is 1. The minimum atomic E-state index is 0.644. The molecule has 1 saturated carbocycles. The summed E-state index contributed by atoms with van der Waals surface area (Å²) in [5.41, 5.74) is 2.11. The van der Waals surface area contributed by atoms with E-state index in [1.54, 1.807) is 0 Å². The third-order valence-corrected chi connectivity index (χ3v) is 3.84. The van der Waals surface area contributed by atoms with Crippen LogP contribution in [0.25, 0.3) is 0 Å². The van der Waals surface area contributed by atoms with Gasteiger partial charge >= 0.3 is 0 Å². The third kappa shape index (κ3) is 4.50. The molecular formula is C16H26N2O. The lowest BCUT2D eigenvalue weighted by Gasteiger charge is -2.16. The van der Waals surface area contributed by atoms with E-state index in [1.165, 1.54) is 25.7 Å². The van der Waals surface area contributed by atoms with Crippen LogP contribution >= 0.6 is 0 Å². The lowest BCUT2D eigenvalue weighted by Crippen LogP contribution is -2.18. The molecule has 1 aliphatic carbocycles. The van der Waals surface area contributed by atoms with Crippen molar-refractivity contribution in [2.24, 2.45) is 5.92 Å². The summed E-state index contributed by atoms with van der Waals surface area (Å²) in [6.45, 7) is 8.10. The van der Waals surface area contributed by atoms with Gasteiger partial charge in [-0.3, -0.25) is 4.98 Å². The van der Waals surface area contributed by atoms with E-state index in [0.29, 0.717) is 12.0 Å². The van der Waals surface area contributed by atoms with Crippen molar-refractivity contribution in [2.45, 2.75) is 59.0 Å². The Labute approximate surface area is 116 Å². The standard InChI is InChI=1S/C16H26N2O/c1-4-13(5-2)11-19-16-9-6-12(3)18-15(16)10-17-14-7-8-14/h6,9,13-14,17H,4-5,7-8,10-11H2,1-3H3. The van der Waals surface area contributed by atoms with E-state index < -0.39 is 0 Å².